The maximum absolute atomic E-state index is 12.7. The number of rotatable bonds is 11. The van der Waals surface area contributed by atoms with E-state index in [-0.39, 0.29) is 17.6 Å². The number of nitrogens with zero attached hydrogens (tertiary/aromatic N) is 1. The molecule has 0 aliphatic rings. The van der Waals surface area contributed by atoms with Crippen LogP contribution >= 0.6 is 0 Å². The molecule has 0 aliphatic carbocycles. The first kappa shape index (κ1) is 21.6. The molecule has 0 saturated carbocycles. The lowest BCUT2D eigenvalue weighted by atomic mass is 10.00. The second kappa shape index (κ2) is 11.2. The van der Waals surface area contributed by atoms with Crippen molar-refractivity contribution < 1.29 is 14.6 Å². The lowest BCUT2D eigenvalue weighted by molar-refractivity contribution is -0.896. The minimum absolute atomic E-state index is 0.0185. The van der Waals surface area contributed by atoms with Gasteiger partial charge in [0, 0.05) is 17.7 Å². The molecule has 2 aromatic rings. The maximum Gasteiger partial charge on any atom is 0.269 e. The second-order valence-corrected chi connectivity index (χ2v) is 6.94. The van der Waals surface area contributed by atoms with E-state index in [0.29, 0.717) is 5.56 Å². The van der Waals surface area contributed by atoms with Crippen molar-refractivity contribution in [1.29, 1.82) is 0 Å². The van der Waals surface area contributed by atoms with Crippen LogP contribution in [0.5, 0.6) is 0 Å². The van der Waals surface area contributed by atoms with Crippen LogP contribution in [0.2, 0.25) is 0 Å². The highest BCUT2D eigenvalue weighted by Gasteiger charge is 2.17. The number of benzene rings is 2. The first-order valence-electron chi connectivity index (χ1n) is 9.99. The Hall–Kier alpha value is -2.73. The average Bonchev–Trinajstić information content (AvgIpc) is 2.73. The van der Waals surface area contributed by atoms with Crippen molar-refractivity contribution in [2.75, 3.05) is 19.6 Å². The van der Waals surface area contributed by atoms with Crippen molar-refractivity contribution in [2.24, 2.45) is 0 Å². The van der Waals surface area contributed by atoms with Gasteiger partial charge in [0.1, 0.15) is 0 Å². The summed E-state index contributed by atoms with van der Waals surface area (Å²) in [6, 6.07) is 15.6. The van der Waals surface area contributed by atoms with Crippen molar-refractivity contribution >= 4 is 11.6 Å². The highest BCUT2D eigenvalue weighted by Crippen LogP contribution is 2.20. The zero-order chi connectivity index (χ0) is 20.4. The normalized spacial score (nSPS) is 12.0. The highest BCUT2D eigenvalue weighted by molar-refractivity contribution is 5.94. The van der Waals surface area contributed by atoms with Gasteiger partial charge in [-0.05, 0) is 50.8 Å². The number of nitrogens with one attached hydrogen (secondary N) is 2. The molecular formula is C22H30N3O3+. The van der Waals surface area contributed by atoms with Crippen LogP contribution in [-0.2, 0) is 0 Å². The van der Waals surface area contributed by atoms with Crippen LogP contribution in [0.25, 0.3) is 0 Å². The van der Waals surface area contributed by atoms with E-state index in [1.165, 1.54) is 24.3 Å². The quantitative estimate of drug-likeness (QED) is 0.355. The molecule has 28 heavy (non-hydrogen) atoms. The van der Waals surface area contributed by atoms with E-state index in [0.717, 1.165) is 44.5 Å². The molecule has 0 radical (unpaired) electrons. The third-order valence-corrected chi connectivity index (χ3v) is 5.12. The smallest absolute Gasteiger partial charge is 0.269 e. The topological polar surface area (TPSA) is 76.7 Å². The Morgan fingerprint density at radius 2 is 1.68 bits per heavy atom. The van der Waals surface area contributed by atoms with Gasteiger partial charge < -0.3 is 10.2 Å². The number of hydrogen-bond donors (Lipinski definition) is 2. The fraction of sp³-hybridized carbons (Fsp3) is 0.409. The summed E-state index contributed by atoms with van der Waals surface area (Å²) in [7, 11) is 0. The number of carbonyl (C=O) groups excluding carboxylic acids is 1. The fourth-order valence-corrected chi connectivity index (χ4v) is 3.31. The Balaban J connectivity index is 2.01. The van der Waals surface area contributed by atoms with Crippen LogP contribution in [0.1, 0.15) is 55.1 Å². The largest absolute Gasteiger partial charge is 0.345 e. The lowest BCUT2D eigenvalue weighted by Crippen LogP contribution is -3.11. The zero-order valence-electron chi connectivity index (χ0n) is 16.7. The Morgan fingerprint density at radius 3 is 2.25 bits per heavy atom. The molecule has 2 aromatic carbocycles. The van der Waals surface area contributed by atoms with E-state index in [9.17, 15) is 14.9 Å². The first-order valence-corrected chi connectivity index (χ1v) is 9.99. The van der Waals surface area contributed by atoms with E-state index in [4.69, 9.17) is 0 Å². The summed E-state index contributed by atoms with van der Waals surface area (Å²) >= 11 is 0. The van der Waals surface area contributed by atoms with E-state index < -0.39 is 4.92 Å². The number of amides is 1. The Labute approximate surface area is 166 Å². The summed E-state index contributed by atoms with van der Waals surface area (Å²) < 4.78 is 0. The van der Waals surface area contributed by atoms with Crippen LogP contribution in [0.3, 0.4) is 0 Å². The predicted octanol–water partition coefficient (Wildman–Crippen LogP) is 3.16. The molecule has 1 atom stereocenters. The monoisotopic (exact) mass is 384 g/mol. The van der Waals surface area contributed by atoms with Crippen LogP contribution < -0.4 is 10.2 Å². The van der Waals surface area contributed by atoms with Crippen molar-refractivity contribution in [2.45, 2.75) is 39.2 Å². The molecule has 2 N–H and O–H groups in total. The van der Waals surface area contributed by atoms with Crippen molar-refractivity contribution in [3.05, 3.63) is 75.8 Å². The lowest BCUT2D eigenvalue weighted by Gasteiger charge is -2.20. The summed E-state index contributed by atoms with van der Waals surface area (Å²) in [4.78, 5) is 24.6. The molecular weight excluding hydrogens is 354 g/mol. The van der Waals surface area contributed by atoms with Crippen molar-refractivity contribution in [3.8, 4) is 0 Å². The molecule has 150 valence electrons. The molecule has 6 nitrogen and oxygen atoms in total. The SMILES string of the molecule is CC[NH+](CC)CCCC[C@H](NC(=O)c1ccc([N+](=O)[O-])cc1)c1ccccc1. The van der Waals surface area contributed by atoms with Gasteiger partial charge in [0.05, 0.1) is 30.6 Å². The average molecular weight is 385 g/mol. The number of nitro groups is 1. The van der Waals surface area contributed by atoms with Crippen molar-refractivity contribution in [1.82, 2.24) is 5.32 Å². The van der Waals surface area contributed by atoms with Gasteiger partial charge in [-0.25, -0.2) is 0 Å². The Bertz CT molecular complexity index is 743. The van der Waals surface area contributed by atoms with Gasteiger partial charge >= 0.3 is 0 Å². The number of non-ortho nitro benzene ring substituents is 1. The molecule has 0 spiro atoms. The van der Waals surface area contributed by atoms with Crippen LogP contribution in [0, 0.1) is 10.1 Å². The number of nitro benzene ring substituents is 1. The summed E-state index contributed by atoms with van der Waals surface area (Å²) in [6.07, 6.45) is 3.01. The van der Waals surface area contributed by atoms with Gasteiger partial charge in [0.2, 0.25) is 0 Å². The van der Waals surface area contributed by atoms with Crippen molar-refractivity contribution in [3.63, 3.8) is 0 Å². The van der Waals surface area contributed by atoms with E-state index in [2.05, 4.69) is 19.2 Å². The first-order chi connectivity index (χ1) is 13.5. The minimum atomic E-state index is -0.466. The molecule has 0 heterocycles. The highest BCUT2D eigenvalue weighted by atomic mass is 16.6. The number of carbonyl (C=O) groups is 1. The van der Waals surface area contributed by atoms with Crippen LogP contribution in [-0.4, -0.2) is 30.5 Å². The van der Waals surface area contributed by atoms with E-state index >= 15 is 0 Å². The molecule has 0 saturated heterocycles. The maximum atomic E-state index is 12.7. The molecule has 2 rings (SSSR count). The van der Waals surface area contributed by atoms with Gasteiger partial charge in [-0.1, -0.05) is 30.3 Å². The third-order valence-electron chi connectivity index (χ3n) is 5.12. The molecule has 0 aliphatic heterocycles. The molecule has 1 amide bonds. The summed E-state index contributed by atoms with van der Waals surface area (Å²) in [5.74, 6) is -0.210. The fourth-order valence-electron chi connectivity index (χ4n) is 3.31. The summed E-state index contributed by atoms with van der Waals surface area (Å²) in [5.41, 5.74) is 1.49. The number of hydrogen-bond acceptors (Lipinski definition) is 3. The minimum Gasteiger partial charge on any atom is -0.345 e. The van der Waals surface area contributed by atoms with Gasteiger partial charge in [-0.3, -0.25) is 14.9 Å². The zero-order valence-corrected chi connectivity index (χ0v) is 16.7. The summed E-state index contributed by atoms with van der Waals surface area (Å²) in [5, 5.41) is 13.9. The van der Waals surface area contributed by atoms with Gasteiger partial charge in [-0.2, -0.15) is 0 Å². The second-order valence-electron chi connectivity index (χ2n) is 6.94. The van der Waals surface area contributed by atoms with Crippen LogP contribution in [0.15, 0.2) is 54.6 Å². The molecule has 0 bridgehead atoms. The van der Waals surface area contributed by atoms with E-state index in [1.807, 2.05) is 30.3 Å². The van der Waals surface area contributed by atoms with Gasteiger partial charge in [0.25, 0.3) is 11.6 Å². The molecule has 6 heteroatoms. The summed E-state index contributed by atoms with van der Waals surface area (Å²) in [6.45, 7) is 7.82. The van der Waals surface area contributed by atoms with E-state index in [1.54, 1.807) is 4.90 Å². The molecule has 0 fully saturated rings. The molecule has 0 unspecified atom stereocenters. The standard InChI is InChI=1S/C22H29N3O3/c1-3-24(4-2)17-9-8-12-21(18-10-6-5-7-11-18)23-22(26)19-13-15-20(16-14-19)25(27)28/h5-7,10-11,13-16,21H,3-4,8-9,12,17H2,1-2H3,(H,23,26)/p+1/t21-/m0/s1. The van der Waals surface area contributed by atoms with Gasteiger partial charge in [0.15, 0.2) is 0 Å². The Kier molecular flexibility index (Phi) is 8.62. The Morgan fingerprint density at radius 1 is 1.04 bits per heavy atom. The van der Waals surface area contributed by atoms with Gasteiger partial charge in [-0.15, -0.1) is 0 Å². The molecule has 0 aromatic heterocycles. The third kappa shape index (κ3) is 6.46. The number of quaternary nitrogens is 1. The van der Waals surface area contributed by atoms with Crippen LogP contribution in [0.4, 0.5) is 5.69 Å². The predicted molar refractivity (Wildman–Crippen MR) is 111 cm³/mol. The number of unbranched alkanes of at least 4 members (excludes halogenated alkanes) is 1.